The van der Waals surface area contributed by atoms with E-state index in [9.17, 15) is 0 Å². The summed E-state index contributed by atoms with van der Waals surface area (Å²) in [5.41, 5.74) is 1.22. The highest BCUT2D eigenvalue weighted by atomic mass is 32.2. The normalized spacial score (nSPS) is 23.1. The van der Waals surface area contributed by atoms with E-state index < -0.39 is 0 Å². The zero-order chi connectivity index (χ0) is 17.8. The number of nitrogens with zero attached hydrogens (tertiary/aromatic N) is 4. The molecule has 4 rings (SSSR count). The van der Waals surface area contributed by atoms with E-state index in [1.54, 1.807) is 0 Å². The van der Waals surface area contributed by atoms with Crippen molar-refractivity contribution in [2.45, 2.75) is 69.1 Å². The zero-order valence-electron chi connectivity index (χ0n) is 16.2. The van der Waals surface area contributed by atoms with Crippen LogP contribution in [0, 0.1) is 0 Å². The van der Waals surface area contributed by atoms with Crippen molar-refractivity contribution in [2.24, 2.45) is 4.99 Å². The van der Waals surface area contributed by atoms with E-state index in [1.807, 2.05) is 7.05 Å². The van der Waals surface area contributed by atoms with Crippen LogP contribution < -0.4 is 5.32 Å². The molecule has 0 atom stereocenters. The van der Waals surface area contributed by atoms with Gasteiger partial charge < -0.3 is 14.8 Å². The first-order valence-electron chi connectivity index (χ1n) is 10.4. The second-order valence-electron chi connectivity index (χ2n) is 8.04. The number of aliphatic imine (C=N–C) groups is 1. The summed E-state index contributed by atoms with van der Waals surface area (Å²) in [5, 5.41) is 3.61. The van der Waals surface area contributed by atoms with Crippen LogP contribution in [0.4, 0.5) is 0 Å². The molecular weight excluding hydrogens is 342 g/mol. The molecule has 1 saturated heterocycles. The Morgan fingerprint density at radius 3 is 2.92 bits per heavy atom. The SMILES string of the molecule is CN=C(NCCc1cn2c(n1)CCCC2)N1CCSC2(CCCCC2)C1. The first-order valence-corrected chi connectivity index (χ1v) is 11.4. The number of aryl methyl sites for hydroxylation is 2. The highest BCUT2D eigenvalue weighted by Crippen LogP contribution is 2.42. The number of imidazole rings is 1. The molecule has 144 valence electrons. The highest BCUT2D eigenvalue weighted by Gasteiger charge is 2.38. The van der Waals surface area contributed by atoms with Gasteiger partial charge in [0.1, 0.15) is 5.82 Å². The lowest BCUT2D eigenvalue weighted by atomic mass is 9.87. The van der Waals surface area contributed by atoms with E-state index in [0.29, 0.717) is 4.75 Å². The number of fused-ring (bicyclic) bond motifs is 1. The van der Waals surface area contributed by atoms with Crippen molar-refractivity contribution >= 4 is 17.7 Å². The molecule has 0 unspecified atom stereocenters. The smallest absolute Gasteiger partial charge is 0.193 e. The lowest BCUT2D eigenvalue weighted by Crippen LogP contribution is -2.53. The van der Waals surface area contributed by atoms with Crippen molar-refractivity contribution in [1.29, 1.82) is 0 Å². The first-order chi connectivity index (χ1) is 12.8. The minimum atomic E-state index is 0.483. The van der Waals surface area contributed by atoms with Gasteiger partial charge in [-0.3, -0.25) is 4.99 Å². The van der Waals surface area contributed by atoms with Gasteiger partial charge in [-0.1, -0.05) is 19.3 Å². The number of hydrogen-bond donors (Lipinski definition) is 1. The summed E-state index contributed by atoms with van der Waals surface area (Å²) in [6.45, 7) is 4.34. The van der Waals surface area contributed by atoms with Gasteiger partial charge in [0.15, 0.2) is 5.96 Å². The summed E-state index contributed by atoms with van der Waals surface area (Å²) >= 11 is 2.22. The first kappa shape index (κ1) is 18.2. The molecule has 2 aliphatic heterocycles. The lowest BCUT2D eigenvalue weighted by Gasteiger charge is -2.45. The number of rotatable bonds is 3. The van der Waals surface area contributed by atoms with Gasteiger partial charge in [-0.25, -0.2) is 4.98 Å². The molecule has 6 heteroatoms. The molecule has 26 heavy (non-hydrogen) atoms. The topological polar surface area (TPSA) is 45.5 Å². The molecule has 2 fully saturated rings. The summed E-state index contributed by atoms with van der Waals surface area (Å²) in [5.74, 6) is 3.59. The third-order valence-corrected chi connectivity index (χ3v) is 7.68. The third kappa shape index (κ3) is 4.05. The molecule has 5 nitrogen and oxygen atoms in total. The van der Waals surface area contributed by atoms with Crippen LogP contribution in [-0.2, 0) is 19.4 Å². The summed E-state index contributed by atoms with van der Waals surface area (Å²) in [6.07, 6.45) is 13.9. The Kier molecular flexibility index (Phi) is 5.77. The molecular formula is C20H33N5S. The average molecular weight is 376 g/mol. The Morgan fingerprint density at radius 1 is 1.23 bits per heavy atom. The van der Waals surface area contributed by atoms with E-state index in [0.717, 1.165) is 45.0 Å². The van der Waals surface area contributed by atoms with Gasteiger partial charge in [-0.05, 0) is 25.7 Å². The van der Waals surface area contributed by atoms with Crippen LogP contribution in [0.15, 0.2) is 11.2 Å². The van der Waals surface area contributed by atoms with Gasteiger partial charge in [-0.15, -0.1) is 0 Å². The van der Waals surface area contributed by atoms with Gasteiger partial charge in [-0.2, -0.15) is 11.8 Å². The van der Waals surface area contributed by atoms with Gasteiger partial charge in [0, 0.05) is 62.8 Å². The molecule has 0 bridgehead atoms. The largest absolute Gasteiger partial charge is 0.356 e. The Bertz CT molecular complexity index is 603. The molecule has 1 spiro atoms. The molecule has 3 heterocycles. The Labute approximate surface area is 162 Å². The number of aromatic nitrogens is 2. The predicted molar refractivity (Wildman–Crippen MR) is 110 cm³/mol. The highest BCUT2D eigenvalue weighted by molar-refractivity contribution is 8.00. The summed E-state index contributed by atoms with van der Waals surface area (Å²) in [4.78, 5) is 11.9. The van der Waals surface area contributed by atoms with Gasteiger partial charge in [0.2, 0.25) is 0 Å². The standard InChI is InChI=1S/C20H33N5S/c1-21-19(25-13-14-26-20(16-25)9-4-2-5-10-20)22-11-8-17-15-24-12-6-3-7-18(24)23-17/h15H,2-14,16H2,1H3,(H,21,22). The van der Waals surface area contributed by atoms with Crippen LogP contribution in [0.2, 0.25) is 0 Å². The van der Waals surface area contributed by atoms with Crippen molar-refractivity contribution in [2.75, 3.05) is 32.4 Å². The van der Waals surface area contributed by atoms with E-state index in [1.165, 1.54) is 62.2 Å². The fourth-order valence-corrected chi connectivity index (χ4v) is 6.32. The summed E-state index contributed by atoms with van der Waals surface area (Å²) in [7, 11) is 1.92. The zero-order valence-corrected chi connectivity index (χ0v) is 17.0. The van der Waals surface area contributed by atoms with Gasteiger partial charge >= 0.3 is 0 Å². The fourth-order valence-electron chi connectivity index (χ4n) is 4.75. The maximum Gasteiger partial charge on any atom is 0.193 e. The third-order valence-electron chi connectivity index (χ3n) is 6.15. The summed E-state index contributed by atoms with van der Waals surface area (Å²) in [6, 6.07) is 0. The molecule has 3 aliphatic rings. The van der Waals surface area contributed by atoms with Crippen LogP contribution >= 0.6 is 11.8 Å². The van der Waals surface area contributed by atoms with Crippen LogP contribution in [-0.4, -0.2) is 57.6 Å². The maximum absolute atomic E-state index is 4.82. The van der Waals surface area contributed by atoms with Gasteiger partial charge in [0.05, 0.1) is 5.69 Å². The molecule has 1 aliphatic carbocycles. The molecule has 1 saturated carbocycles. The second kappa shape index (κ2) is 8.24. The molecule has 0 radical (unpaired) electrons. The molecule has 1 aromatic rings. The Morgan fingerprint density at radius 2 is 2.12 bits per heavy atom. The quantitative estimate of drug-likeness (QED) is 0.651. The number of nitrogens with one attached hydrogen (secondary N) is 1. The van der Waals surface area contributed by atoms with Crippen molar-refractivity contribution in [3.63, 3.8) is 0 Å². The van der Waals surface area contributed by atoms with Crippen molar-refractivity contribution in [3.8, 4) is 0 Å². The van der Waals surface area contributed by atoms with Crippen LogP contribution in [0.25, 0.3) is 0 Å². The fraction of sp³-hybridized carbons (Fsp3) is 0.800. The summed E-state index contributed by atoms with van der Waals surface area (Å²) < 4.78 is 2.83. The van der Waals surface area contributed by atoms with Gasteiger partial charge in [0.25, 0.3) is 0 Å². The van der Waals surface area contributed by atoms with E-state index >= 15 is 0 Å². The van der Waals surface area contributed by atoms with Crippen molar-refractivity contribution in [1.82, 2.24) is 19.8 Å². The Balaban J connectivity index is 1.31. The van der Waals surface area contributed by atoms with Crippen LogP contribution in [0.1, 0.15) is 56.5 Å². The number of hydrogen-bond acceptors (Lipinski definition) is 3. The monoisotopic (exact) mass is 375 g/mol. The number of thioether (sulfide) groups is 1. The van der Waals surface area contributed by atoms with Crippen LogP contribution in [0.5, 0.6) is 0 Å². The molecule has 1 N–H and O–H groups in total. The Hall–Kier alpha value is -1.17. The van der Waals surface area contributed by atoms with E-state index in [2.05, 4.69) is 37.7 Å². The van der Waals surface area contributed by atoms with Crippen molar-refractivity contribution in [3.05, 3.63) is 17.7 Å². The minimum Gasteiger partial charge on any atom is -0.356 e. The lowest BCUT2D eigenvalue weighted by molar-refractivity contribution is 0.293. The molecule has 0 aromatic carbocycles. The van der Waals surface area contributed by atoms with E-state index in [4.69, 9.17) is 4.98 Å². The maximum atomic E-state index is 4.82. The average Bonchev–Trinajstić information content (AvgIpc) is 3.09. The van der Waals surface area contributed by atoms with Crippen LogP contribution in [0.3, 0.4) is 0 Å². The van der Waals surface area contributed by atoms with Crippen molar-refractivity contribution < 1.29 is 0 Å². The minimum absolute atomic E-state index is 0.483. The second-order valence-corrected chi connectivity index (χ2v) is 9.60. The molecule has 0 amide bonds. The van der Waals surface area contributed by atoms with E-state index in [-0.39, 0.29) is 0 Å². The predicted octanol–water partition coefficient (Wildman–Crippen LogP) is 3.09. The molecule has 1 aromatic heterocycles. The number of guanidine groups is 1.